The van der Waals surface area contributed by atoms with Crippen LogP contribution >= 0.6 is 11.6 Å². The summed E-state index contributed by atoms with van der Waals surface area (Å²) in [6.07, 6.45) is -6.20. The molecule has 0 aliphatic rings. The number of amides is 1. The van der Waals surface area contributed by atoms with E-state index in [1.807, 2.05) is 0 Å². The van der Waals surface area contributed by atoms with Crippen molar-refractivity contribution in [1.82, 2.24) is 9.78 Å². The third-order valence-electron chi connectivity index (χ3n) is 5.23. The van der Waals surface area contributed by atoms with Crippen molar-refractivity contribution in [2.75, 3.05) is 11.5 Å². The van der Waals surface area contributed by atoms with Crippen LogP contribution in [0.2, 0.25) is 5.02 Å². The third kappa shape index (κ3) is 4.40. The molecule has 1 amide bonds. The molecule has 10 heteroatoms. The lowest BCUT2D eigenvalue weighted by Gasteiger charge is -2.38. The van der Waals surface area contributed by atoms with Crippen LogP contribution in [0.5, 0.6) is 0 Å². The molecule has 0 fully saturated rings. The minimum Gasteiger partial charge on any atom is -0.530 e. The fourth-order valence-corrected chi connectivity index (χ4v) is 4.04. The van der Waals surface area contributed by atoms with Crippen molar-refractivity contribution >= 4 is 34.3 Å². The highest BCUT2D eigenvalue weighted by molar-refractivity contribution is 6.30. The van der Waals surface area contributed by atoms with Crippen LogP contribution < -0.4 is 10.0 Å². The second-order valence-corrected chi connectivity index (χ2v) is 8.96. The zero-order valence-electron chi connectivity index (χ0n) is 17.7. The lowest BCUT2D eigenvalue weighted by atomic mass is 9.86. The zero-order valence-corrected chi connectivity index (χ0v) is 18.4. The second-order valence-electron chi connectivity index (χ2n) is 8.53. The van der Waals surface area contributed by atoms with E-state index in [0.29, 0.717) is 10.4 Å². The summed E-state index contributed by atoms with van der Waals surface area (Å²) in [6.45, 7) is 4.10. The van der Waals surface area contributed by atoms with E-state index >= 15 is 0 Å². The molecule has 3 rings (SSSR count). The highest BCUT2D eigenvalue weighted by atomic mass is 35.5. The Morgan fingerprint density at radius 2 is 1.78 bits per heavy atom. The highest BCUT2D eigenvalue weighted by Crippen LogP contribution is 2.41. The Bertz CT molecular complexity index is 1120. The molecular formula is C22H22ClF3N3O3-. The summed E-state index contributed by atoms with van der Waals surface area (Å²) in [7, 11) is 0. The van der Waals surface area contributed by atoms with Gasteiger partial charge in [0.25, 0.3) is 0 Å². The monoisotopic (exact) mass is 468 g/mol. The Morgan fingerprint density at radius 3 is 2.28 bits per heavy atom. The number of hydrogen-bond acceptors (Lipinski definition) is 4. The van der Waals surface area contributed by atoms with E-state index in [0.717, 1.165) is 9.58 Å². The maximum atomic E-state index is 13.7. The van der Waals surface area contributed by atoms with E-state index in [2.05, 4.69) is 5.10 Å². The molecule has 172 valence electrons. The number of carboxylic acid groups (broad SMARTS) is 1. The number of anilines is 1. The third-order valence-corrected chi connectivity index (χ3v) is 5.48. The summed E-state index contributed by atoms with van der Waals surface area (Å²) in [5.74, 6) is 0. The van der Waals surface area contributed by atoms with Gasteiger partial charge in [-0.25, -0.2) is 0 Å². The van der Waals surface area contributed by atoms with Crippen LogP contribution in [-0.2, 0) is 5.54 Å². The number of carbonyl (C=O) groups is 1. The van der Waals surface area contributed by atoms with Crippen molar-refractivity contribution in [2.45, 2.75) is 44.4 Å². The Labute approximate surface area is 187 Å². The summed E-state index contributed by atoms with van der Waals surface area (Å²) >= 11 is 5.91. The van der Waals surface area contributed by atoms with Crippen LogP contribution in [0.4, 0.5) is 23.7 Å². The Morgan fingerprint density at radius 1 is 1.16 bits per heavy atom. The first-order chi connectivity index (χ1) is 14.8. The molecule has 0 radical (unpaired) electrons. The lowest BCUT2D eigenvalue weighted by Crippen LogP contribution is -2.52. The van der Waals surface area contributed by atoms with Gasteiger partial charge < -0.3 is 19.9 Å². The molecule has 1 heterocycles. The average molecular weight is 469 g/mol. The van der Waals surface area contributed by atoms with Gasteiger partial charge in [-0.3, -0.25) is 4.68 Å². The van der Waals surface area contributed by atoms with Gasteiger partial charge in [-0.1, -0.05) is 29.8 Å². The van der Waals surface area contributed by atoms with Gasteiger partial charge in [0.15, 0.2) is 0 Å². The first-order valence-corrected chi connectivity index (χ1v) is 10.1. The largest absolute Gasteiger partial charge is 0.530 e. The summed E-state index contributed by atoms with van der Waals surface area (Å²) < 4.78 is 42.2. The Kier molecular flexibility index (Phi) is 6.19. The number of alkyl halides is 3. The van der Waals surface area contributed by atoms with Crippen molar-refractivity contribution < 1.29 is 28.2 Å². The van der Waals surface area contributed by atoms with Gasteiger partial charge in [0.05, 0.1) is 30.4 Å². The zero-order chi connectivity index (χ0) is 23.9. The van der Waals surface area contributed by atoms with Crippen molar-refractivity contribution in [3.8, 4) is 0 Å². The van der Waals surface area contributed by atoms with E-state index < -0.39 is 36.4 Å². The normalized spacial score (nSPS) is 14.4. The number of halogens is 4. The number of rotatable bonds is 5. The maximum Gasteiger partial charge on any atom is 0.391 e. The summed E-state index contributed by atoms with van der Waals surface area (Å²) in [4.78, 5) is 12.9. The van der Waals surface area contributed by atoms with E-state index in [4.69, 9.17) is 11.6 Å². The van der Waals surface area contributed by atoms with Crippen LogP contribution in [0.25, 0.3) is 10.9 Å². The van der Waals surface area contributed by atoms with Crippen LogP contribution in [0.3, 0.4) is 0 Å². The van der Waals surface area contributed by atoms with E-state index in [1.54, 1.807) is 20.8 Å². The first-order valence-electron chi connectivity index (χ1n) is 9.72. The van der Waals surface area contributed by atoms with Gasteiger partial charge in [0, 0.05) is 15.9 Å². The smallest absolute Gasteiger partial charge is 0.391 e. The number of aliphatic hydroxyl groups excluding tert-OH is 1. The van der Waals surface area contributed by atoms with Crippen molar-refractivity contribution in [2.24, 2.45) is 0 Å². The van der Waals surface area contributed by atoms with Crippen LogP contribution in [0.1, 0.15) is 32.8 Å². The molecule has 0 spiro atoms. The molecule has 6 nitrogen and oxygen atoms in total. The van der Waals surface area contributed by atoms with Gasteiger partial charge in [-0.15, -0.1) is 0 Å². The molecule has 0 saturated heterocycles. The molecule has 0 saturated carbocycles. The first kappa shape index (κ1) is 23.9. The molecule has 1 unspecified atom stereocenters. The quantitative estimate of drug-likeness (QED) is 0.604. The van der Waals surface area contributed by atoms with Crippen molar-refractivity contribution in [3.63, 3.8) is 0 Å². The maximum absolute atomic E-state index is 13.7. The lowest BCUT2D eigenvalue weighted by molar-refractivity contribution is -0.247. The van der Waals surface area contributed by atoms with E-state index in [9.17, 15) is 28.2 Å². The van der Waals surface area contributed by atoms with Crippen LogP contribution in [-0.4, -0.2) is 39.3 Å². The predicted molar refractivity (Wildman–Crippen MR) is 114 cm³/mol. The predicted octanol–water partition coefficient (Wildman–Crippen LogP) is 4.33. The Hall–Kier alpha value is -2.78. The molecule has 0 aliphatic carbocycles. The topological polar surface area (TPSA) is 81.4 Å². The summed E-state index contributed by atoms with van der Waals surface area (Å²) in [5.41, 5.74) is -2.27. The minimum atomic E-state index is -4.64. The molecular weight excluding hydrogens is 447 g/mol. The van der Waals surface area contributed by atoms with Crippen molar-refractivity contribution in [3.05, 3.63) is 59.2 Å². The van der Waals surface area contributed by atoms with Gasteiger partial charge in [0.1, 0.15) is 11.6 Å². The number of benzene rings is 2. The highest BCUT2D eigenvalue weighted by Gasteiger charge is 2.46. The SMILES string of the molecule is CC(C)(C)N(C(=O)[O-])c1cccc2c1cnn2C(CO)(CC(F)(F)F)c1ccc(Cl)cc1. The van der Waals surface area contributed by atoms with Gasteiger partial charge in [0.2, 0.25) is 0 Å². The number of aromatic nitrogens is 2. The molecule has 32 heavy (non-hydrogen) atoms. The minimum absolute atomic E-state index is 0.157. The van der Waals surface area contributed by atoms with Crippen molar-refractivity contribution in [1.29, 1.82) is 0 Å². The standard InChI is InChI=1S/C22H23ClF3N3O3/c1-20(2,3)28(19(31)32)17-5-4-6-18-16(17)11-27-29(18)21(13-30,12-22(24,25)26)14-7-9-15(23)10-8-14/h4-11,30H,12-13H2,1-3H3,(H,31,32)/p-1. The number of hydrogen-bond donors (Lipinski definition) is 1. The number of carbonyl (C=O) groups excluding carboxylic acids is 1. The molecule has 3 aromatic rings. The van der Waals surface area contributed by atoms with Gasteiger partial charge >= 0.3 is 6.18 Å². The molecule has 0 bridgehead atoms. The van der Waals surface area contributed by atoms with Crippen LogP contribution in [0, 0.1) is 0 Å². The fourth-order valence-electron chi connectivity index (χ4n) is 3.91. The van der Waals surface area contributed by atoms with Gasteiger partial charge in [-0.2, -0.15) is 18.3 Å². The number of nitrogens with zero attached hydrogens (tertiary/aromatic N) is 3. The Balaban J connectivity index is 2.31. The van der Waals surface area contributed by atoms with E-state index in [-0.39, 0.29) is 16.8 Å². The number of aliphatic hydroxyl groups is 1. The molecule has 1 aromatic heterocycles. The number of fused-ring (bicyclic) bond motifs is 1. The average Bonchev–Trinajstić information content (AvgIpc) is 3.10. The summed E-state index contributed by atoms with van der Waals surface area (Å²) in [5, 5.41) is 27.0. The van der Waals surface area contributed by atoms with Crippen LogP contribution in [0.15, 0.2) is 48.7 Å². The van der Waals surface area contributed by atoms with E-state index in [1.165, 1.54) is 48.7 Å². The van der Waals surface area contributed by atoms with Gasteiger partial charge in [-0.05, 0) is 50.6 Å². The molecule has 1 N–H and O–H groups in total. The summed E-state index contributed by atoms with van der Waals surface area (Å²) in [6, 6.07) is 10.3. The second kappa shape index (κ2) is 8.29. The molecule has 0 aliphatic heterocycles. The fraction of sp³-hybridized carbons (Fsp3) is 0.364. The molecule has 1 atom stereocenters. The molecule has 2 aromatic carbocycles.